The van der Waals surface area contributed by atoms with E-state index in [1.54, 1.807) is 0 Å². The van der Waals surface area contributed by atoms with Crippen LogP contribution in [0.5, 0.6) is 0 Å². The van der Waals surface area contributed by atoms with Crippen LogP contribution in [0, 0.1) is 0 Å². The Kier molecular flexibility index (Phi) is 4.17. The molecule has 88 valence electrons. The molecule has 0 unspecified atom stereocenters. The summed E-state index contributed by atoms with van der Waals surface area (Å²) in [5.74, 6) is -0.853. The van der Waals surface area contributed by atoms with Gasteiger partial charge in [-0.15, -0.1) is 0 Å². The van der Waals surface area contributed by atoms with E-state index >= 15 is 0 Å². The van der Waals surface area contributed by atoms with E-state index in [0.717, 1.165) is 13.2 Å². The Hall–Kier alpha value is -1.24. The fourth-order valence-electron chi connectivity index (χ4n) is 1.22. The van der Waals surface area contributed by atoms with Gasteiger partial charge in [-0.2, -0.15) is 0 Å². The highest BCUT2D eigenvalue weighted by Gasteiger charge is 2.21. The highest BCUT2D eigenvalue weighted by atomic mass is 79.9. The van der Waals surface area contributed by atoms with Gasteiger partial charge in [-0.1, -0.05) is 15.9 Å². The van der Waals surface area contributed by atoms with E-state index in [9.17, 15) is 18.4 Å². The van der Waals surface area contributed by atoms with Gasteiger partial charge in [-0.05, 0) is 0 Å². The average molecular weight is 296 g/mol. The summed E-state index contributed by atoms with van der Waals surface area (Å²) >= 11 is 2.99. The molecule has 0 amide bonds. The molecule has 0 atom stereocenters. The van der Waals surface area contributed by atoms with Crippen LogP contribution in [0.2, 0.25) is 0 Å². The van der Waals surface area contributed by atoms with Crippen LogP contribution in [0.3, 0.4) is 0 Å². The van der Waals surface area contributed by atoms with Crippen LogP contribution in [0.1, 0.15) is 28.0 Å². The van der Waals surface area contributed by atoms with Gasteiger partial charge in [0.2, 0.25) is 5.56 Å². The molecule has 0 radical (unpaired) electrons. The number of alkyl halides is 3. The number of ether oxygens (including phenoxy) is 1. The summed E-state index contributed by atoms with van der Waals surface area (Å²) in [4.78, 5) is 24.5. The van der Waals surface area contributed by atoms with Crippen molar-refractivity contribution in [3.63, 3.8) is 0 Å². The highest BCUT2D eigenvalue weighted by molar-refractivity contribution is 9.08. The normalized spacial score (nSPS) is 10.6. The molecule has 0 aliphatic carbocycles. The fourth-order valence-corrected chi connectivity index (χ4v) is 1.83. The Balaban J connectivity index is 3.48. The number of aromatic nitrogens is 1. The van der Waals surface area contributed by atoms with Crippen LogP contribution in [-0.2, 0) is 10.1 Å². The SMILES string of the molecule is COC(=O)c1[nH]c(=O)cc(C(F)F)c1CBr. The molecule has 1 aromatic rings. The highest BCUT2D eigenvalue weighted by Crippen LogP contribution is 2.25. The molecule has 0 aliphatic heterocycles. The van der Waals surface area contributed by atoms with E-state index < -0.39 is 23.5 Å². The number of methoxy groups -OCH3 is 1. The van der Waals surface area contributed by atoms with Gasteiger partial charge in [0.1, 0.15) is 5.69 Å². The molecule has 1 heterocycles. The zero-order valence-electron chi connectivity index (χ0n) is 8.22. The number of hydrogen-bond donors (Lipinski definition) is 1. The summed E-state index contributed by atoms with van der Waals surface area (Å²) < 4.78 is 29.6. The molecule has 1 N–H and O–H groups in total. The van der Waals surface area contributed by atoms with E-state index in [2.05, 4.69) is 25.7 Å². The molecular weight excluding hydrogens is 288 g/mol. The van der Waals surface area contributed by atoms with Crippen molar-refractivity contribution < 1.29 is 18.3 Å². The van der Waals surface area contributed by atoms with Crippen molar-refractivity contribution in [3.05, 3.63) is 33.2 Å². The minimum atomic E-state index is -2.82. The molecule has 0 saturated heterocycles. The molecule has 0 fully saturated rings. The summed E-state index contributed by atoms with van der Waals surface area (Å²) in [5, 5.41) is 0.0217. The zero-order valence-corrected chi connectivity index (χ0v) is 9.81. The number of pyridine rings is 1. The number of H-pyrrole nitrogens is 1. The lowest BCUT2D eigenvalue weighted by Gasteiger charge is -2.09. The van der Waals surface area contributed by atoms with E-state index in [0.29, 0.717) is 0 Å². The van der Waals surface area contributed by atoms with Gasteiger partial charge >= 0.3 is 5.97 Å². The smallest absolute Gasteiger partial charge is 0.354 e. The lowest BCUT2D eigenvalue weighted by Crippen LogP contribution is -2.18. The Bertz CT molecular complexity index is 459. The second-order valence-electron chi connectivity index (χ2n) is 2.87. The Morgan fingerprint density at radius 1 is 1.62 bits per heavy atom. The second-order valence-corrected chi connectivity index (χ2v) is 3.43. The van der Waals surface area contributed by atoms with Crippen LogP contribution in [0.4, 0.5) is 8.78 Å². The number of halogens is 3. The predicted octanol–water partition coefficient (Wildman–Crippen LogP) is 1.99. The summed E-state index contributed by atoms with van der Waals surface area (Å²) in [5.41, 5.74) is -1.45. The van der Waals surface area contributed by atoms with Crippen LogP contribution in [0.25, 0.3) is 0 Å². The molecule has 0 bridgehead atoms. The third-order valence-corrected chi connectivity index (χ3v) is 2.50. The Morgan fingerprint density at radius 3 is 2.69 bits per heavy atom. The monoisotopic (exact) mass is 295 g/mol. The van der Waals surface area contributed by atoms with E-state index in [1.165, 1.54) is 0 Å². The summed E-state index contributed by atoms with van der Waals surface area (Å²) in [6.45, 7) is 0. The van der Waals surface area contributed by atoms with Gasteiger partial charge in [0, 0.05) is 22.5 Å². The quantitative estimate of drug-likeness (QED) is 0.685. The lowest BCUT2D eigenvalue weighted by molar-refractivity contribution is 0.0592. The van der Waals surface area contributed by atoms with Gasteiger partial charge in [0.05, 0.1) is 7.11 Å². The molecule has 0 aliphatic rings. The first-order chi connectivity index (χ1) is 7.51. The number of esters is 1. The second kappa shape index (κ2) is 5.20. The van der Waals surface area contributed by atoms with Gasteiger partial charge in [0.15, 0.2) is 0 Å². The maximum absolute atomic E-state index is 12.6. The molecule has 0 spiro atoms. The standard InChI is InChI=1S/C9H8BrF2NO3/c1-16-9(15)7-5(3-10)4(8(11)12)2-6(14)13-7/h2,8H,3H2,1H3,(H,13,14). The number of carbonyl (C=O) groups is 1. The van der Waals surface area contributed by atoms with Crippen molar-refractivity contribution >= 4 is 21.9 Å². The fraction of sp³-hybridized carbons (Fsp3) is 0.333. The Labute approximate surface area is 97.7 Å². The lowest BCUT2D eigenvalue weighted by atomic mass is 10.1. The van der Waals surface area contributed by atoms with Gasteiger partial charge in [-0.25, -0.2) is 13.6 Å². The van der Waals surface area contributed by atoms with Crippen LogP contribution < -0.4 is 5.56 Å². The maximum atomic E-state index is 12.6. The summed E-state index contributed by atoms with van der Waals surface area (Å²) in [7, 11) is 1.10. The zero-order chi connectivity index (χ0) is 12.3. The first-order valence-electron chi connectivity index (χ1n) is 4.19. The number of nitrogens with one attached hydrogen (secondary N) is 1. The molecule has 7 heteroatoms. The molecule has 0 saturated carbocycles. The third-order valence-electron chi connectivity index (χ3n) is 1.94. The van der Waals surface area contributed by atoms with Crippen LogP contribution in [-0.4, -0.2) is 18.1 Å². The van der Waals surface area contributed by atoms with Crippen molar-refractivity contribution in [2.45, 2.75) is 11.8 Å². The Morgan fingerprint density at radius 2 is 2.25 bits per heavy atom. The molecular formula is C9H8BrF2NO3. The van der Waals surface area contributed by atoms with Crippen molar-refractivity contribution in [2.75, 3.05) is 7.11 Å². The van der Waals surface area contributed by atoms with Crippen LogP contribution >= 0.6 is 15.9 Å². The van der Waals surface area contributed by atoms with Gasteiger partial charge in [0.25, 0.3) is 6.43 Å². The third kappa shape index (κ3) is 2.46. The predicted molar refractivity (Wildman–Crippen MR) is 56.0 cm³/mol. The van der Waals surface area contributed by atoms with E-state index in [4.69, 9.17) is 0 Å². The number of rotatable bonds is 3. The topological polar surface area (TPSA) is 59.2 Å². The number of hydrogen-bond acceptors (Lipinski definition) is 3. The van der Waals surface area contributed by atoms with Crippen molar-refractivity contribution in [1.29, 1.82) is 0 Å². The first kappa shape index (κ1) is 12.8. The number of aromatic amines is 1. The maximum Gasteiger partial charge on any atom is 0.354 e. The van der Waals surface area contributed by atoms with Crippen LogP contribution in [0.15, 0.2) is 10.9 Å². The van der Waals surface area contributed by atoms with Gasteiger partial charge in [-0.3, -0.25) is 4.79 Å². The summed E-state index contributed by atoms with van der Waals surface area (Å²) in [6.07, 6.45) is -2.82. The minimum absolute atomic E-state index is 0.0217. The van der Waals surface area contributed by atoms with E-state index in [-0.39, 0.29) is 16.6 Å². The summed E-state index contributed by atoms with van der Waals surface area (Å²) in [6, 6.07) is 0.772. The molecule has 0 aromatic carbocycles. The minimum Gasteiger partial charge on any atom is -0.464 e. The molecule has 16 heavy (non-hydrogen) atoms. The first-order valence-corrected chi connectivity index (χ1v) is 5.32. The largest absolute Gasteiger partial charge is 0.464 e. The molecule has 1 aromatic heterocycles. The molecule has 4 nitrogen and oxygen atoms in total. The van der Waals surface area contributed by atoms with E-state index in [1.807, 2.05) is 0 Å². The van der Waals surface area contributed by atoms with Gasteiger partial charge < -0.3 is 9.72 Å². The number of carbonyl (C=O) groups excluding carboxylic acids is 1. The van der Waals surface area contributed by atoms with Crippen molar-refractivity contribution in [2.24, 2.45) is 0 Å². The average Bonchev–Trinajstić information content (AvgIpc) is 2.26. The van der Waals surface area contributed by atoms with Crippen molar-refractivity contribution in [3.8, 4) is 0 Å². The molecule has 1 rings (SSSR count). The van der Waals surface area contributed by atoms with Crippen molar-refractivity contribution in [1.82, 2.24) is 4.98 Å².